The summed E-state index contributed by atoms with van der Waals surface area (Å²) in [4.78, 5) is 17.6. The lowest BCUT2D eigenvalue weighted by atomic mass is 9.93. The molecule has 1 aliphatic rings. The summed E-state index contributed by atoms with van der Waals surface area (Å²) >= 11 is 7.45. The van der Waals surface area contributed by atoms with E-state index in [4.69, 9.17) is 11.6 Å². The second kappa shape index (κ2) is 9.21. The summed E-state index contributed by atoms with van der Waals surface area (Å²) in [5.41, 5.74) is 0.890. The lowest BCUT2D eigenvalue weighted by molar-refractivity contribution is -0.117. The molecule has 0 radical (unpaired) electrons. The summed E-state index contributed by atoms with van der Waals surface area (Å²) in [5, 5.41) is 14.1. The molecule has 1 aromatic heterocycles. The van der Waals surface area contributed by atoms with Crippen LogP contribution in [0, 0.1) is 0 Å². The van der Waals surface area contributed by atoms with Crippen LogP contribution in [0.15, 0.2) is 58.6 Å². The molecule has 1 aliphatic carbocycles. The van der Waals surface area contributed by atoms with Gasteiger partial charge in [0, 0.05) is 33.8 Å². The molecule has 1 heterocycles. The molecule has 3 rings (SSSR count). The molecule has 26 heavy (non-hydrogen) atoms. The number of carbonyl (C=O) groups is 1. The minimum Gasteiger partial charge on any atom is -0.393 e. The molecule has 1 saturated carbocycles. The first-order chi connectivity index (χ1) is 12.6. The zero-order valence-corrected chi connectivity index (χ0v) is 15.8. The van der Waals surface area contributed by atoms with E-state index in [0.29, 0.717) is 5.02 Å². The Morgan fingerprint density at radius 3 is 2.65 bits per heavy atom. The zero-order chi connectivity index (χ0) is 18.4. The molecule has 0 atom stereocenters. The number of carbonyl (C=O) groups excluding carboxylic acids is 1. The molecule has 6 heteroatoms. The van der Waals surface area contributed by atoms with E-state index >= 15 is 0 Å². The number of aromatic nitrogens is 1. The van der Waals surface area contributed by atoms with Crippen molar-refractivity contribution in [2.45, 2.75) is 47.8 Å². The Bertz CT molecular complexity index is 772. The minimum absolute atomic E-state index is 0.113. The lowest BCUT2D eigenvalue weighted by Gasteiger charge is -2.25. The lowest BCUT2D eigenvalue weighted by Crippen LogP contribution is -2.37. The number of halogens is 1. The Labute approximate surface area is 162 Å². The third kappa shape index (κ3) is 5.59. The first-order valence-corrected chi connectivity index (χ1v) is 9.84. The molecule has 2 N–H and O–H groups in total. The van der Waals surface area contributed by atoms with Crippen LogP contribution in [0.3, 0.4) is 0 Å². The summed E-state index contributed by atoms with van der Waals surface area (Å²) in [6, 6.07) is 11.5. The van der Waals surface area contributed by atoms with E-state index < -0.39 is 0 Å². The van der Waals surface area contributed by atoms with Crippen LogP contribution < -0.4 is 5.32 Å². The minimum atomic E-state index is -0.221. The first-order valence-electron chi connectivity index (χ1n) is 8.65. The van der Waals surface area contributed by atoms with Crippen molar-refractivity contribution in [3.8, 4) is 0 Å². The van der Waals surface area contributed by atoms with E-state index in [2.05, 4.69) is 10.3 Å². The molecule has 0 unspecified atom stereocenters. The summed E-state index contributed by atoms with van der Waals surface area (Å²) in [5.74, 6) is -0.113. The number of pyridine rings is 1. The molecule has 0 spiro atoms. The second-order valence-corrected chi connectivity index (χ2v) is 7.80. The number of hydrogen-bond acceptors (Lipinski definition) is 4. The van der Waals surface area contributed by atoms with E-state index in [1.165, 1.54) is 11.8 Å². The standard InChI is InChI=1S/C20H21ClN2O2S/c21-15-4-10-18(11-5-15)26-20-14(2-1-13-22-20)3-12-19(25)23-16-6-8-17(24)9-7-16/h1-5,10-13,16-17,24H,6-9H2,(H,23,25)/b12-3+. The van der Waals surface area contributed by atoms with Gasteiger partial charge in [-0.3, -0.25) is 4.79 Å². The van der Waals surface area contributed by atoms with E-state index in [9.17, 15) is 9.90 Å². The molecule has 0 bridgehead atoms. The van der Waals surface area contributed by atoms with Crippen molar-refractivity contribution in [1.82, 2.24) is 10.3 Å². The van der Waals surface area contributed by atoms with Crippen molar-refractivity contribution in [3.05, 3.63) is 59.3 Å². The third-order valence-electron chi connectivity index (χ3n) is 4.29. The quantitative estimate of drug-likeness (QED) is 0.749. The van der Waals surface area contributed by atoms with Crippen LogP contribution in [-0.4, -0.2) is 28.1 Å². The van der Waals surface area contributed by atoms with Gasteiger partial charge in [0.15, 0.2) is 0 Å². The molecule has 136 valence electrons. The topological polar surface area (TPSA) is 62.2 Å². The van der Waals surface area contributed by atoms with Gasteiger partial charge in [-0.05, 0) is 62.1 Å². The molecule has 0 aliphatic heterocycles. The summed E-state index contributed by atoms with van der Waals surface area (Å²) in [6.45, 7) is 0. The van der Waals surface area contributed by atoms with Crippen LogP contribution >= 0.6 is 23.4 Å². The number of rotatable bonds is 5. The average Bonchev–Trinajstić information content (AvgIpc) is 2.65. The monoisotopic (exact) mass is 388 g/mol. The van der Waals surface area contributed by atoms with E-state index in [-0.39, 0.29) is 18.1 Å². The van der Waals surface area contributed by atoms with Gasteiger partial charge in [-0.1, -0.05) is 29.4 Å². The van der Waals surface area contributed by atoms with Crippen LogP contribution in [0.25, 0.3) is 6.08 Å². The Hall–Kier alpha value is -1.82. The Kier molecular flexibility index (Phi) is 6.72. The maximum atomic E-state index is 12.2. The Morgan fingerprint density at radius 1 is 1.19 bits per heavy atom. The fourth-order valence-corrected chi connectivity index (χ4v) is 3.85. The molecule has 2 aromatic rings. The number of amides is 1. The predicted molar refractivity (Wildman–Crippen MR) is 105 cm³/mol. The van der Waals surface area contributed by atoms with Crippen molar-refractivity contribution in [2.24, 2.45) is 0 Å². The van der Waals surface area contributed by atoms with Crippen LogP contribution in [0.2, 0.25) is 5.02 Å². The summed E-state index contributed by atoms with van der Waals surface area (Å²) in [7, 11) is 0. The van der Waals surface area contributed by atoms with Gasteiger partial charge in [-0.2, -0.15) is 0 Å². The highest BCUT2D eigenvalue weighted by Gasteiger charge is 2.19. The number of aliphatic hydroxyl groups excluding tert-OH is 1. The number of benzene rings is 1. The van der Waals surface area contributed by atoms with E-state index in [0.717, 1.165) is 41.2 Å². The van der Waals surface area contributed by atoms with Crippen molar-refractivity contribution in [1.29, 1.82) is 0 Å². The molecule has 1 fully saturated rings. The van der Waals surface area contributed by atoms with Crippen LogP contribution in [0.5, 0.6) is 0 Å². The number of hydrogen-bond donors (Lipinski definition) is 2. The van der Waals surface area contributed by atoms with Crippen LogP contribution in [0.1, 0.15) is 31.2 Å². The van der Waals surface area contributed by atoms with Gasteiger partial charge in [0.2, 0.25) is 5.91 Å². The zero-order valence-electron chi connectivity index (χ0n) is 14.3. The van der Waals surface area contributed by atoms with Gasteiger partial charge in [0.25, 0.3) is 0 Å². The molecular formula is C20H21ClN2O2S. The largest absolute Gasteiger partial charge is 0.393 e. The van der Waals surface area contributed by atoms with Crippen LogP contribution in [-0.2, 0) is 4.79 Å². The highest BCUT2D eigenvalue weighted by molar-refractivity contribution is 7.99. The molecule has 0 saturated heterocycles. The fraction of sp³-hybridized carbons (Fsp3) is 0.300. The molecule has 4 nitrogen and oxygen atoms in total. The van der Waals surface area contributed by atoms with Gasteiger partial charge in [-0.15, -0.1) is 0 Å². The van der Waals surface area contributed by atoms with Crippen molar-refractivity contribution < 1.29 is 9.90 Å². The highest BCUT2D eigenvalue weighted by Crippen LogP contribution is 2.30. The maximum Gasteiger partial charge on any atom is 0.244 e. The smallest absolute Gasteiger partial charge is 0.244 e. The number of nitrogens with one attached hydrogen (secondary N) is 1. The first kappa shape index (κ1) is 19.0. The van der Waals surface area contributed by atoms with Crippen molar-refractivity contribution in [3.63, 3.8) is 0 Å². The van der Waals surface area contributed by atoms with Crippen molar-refractivity contribution >= 4 is 35.3 Å². The Morgan fingerprint density at radius 2 is 1.92 bits per heavy atom. The second-order valence-electron chi connectivity index (χ2n) is 6.30. The summed E-state index contributed by atoms with van der Waals surface area (Å²) < 4.78 is 0. The maximum absolute atomic E-state index is 12.2. The van der Waals surface area contributed by atoms with Gasteiger partial charge in [0.05, 0.1) is 6.10 Å². The van der Waals surface area contributed by atoms with E-state index in [1.807, 2.05) is 36.4 Å². The van der Waals surface area contributed by atoms with Gasteiger partial charge in [0.1, 0.15) is 5.03 Å². The number of nitrogens with zero attached hydrogens (tertiary/aromatic N) is 1. The molecular weight excluding hydrogens is 368 g/mol. The van der Waals surface area contributed by atoms with Crippen LogP contribution in [0.4, 0.5) is 0 Å². The number of aliphatic hydroxyl groups is 1. The highest BCUT2D eigenvalue weighted by atomic mass is 35.5. The normalized spacial score (nSPS) is 20.2. The SMILES string of the molecule is O=C(/C=C/c1cccnc1Sc1ccc(Cl)cc1)NC1CCC(O)CC1. The van der Waals surface area contributed by atoms with Gasteiger partial charge < -0.3 is 10.4 Å². The predicted octanol–water partition coefficient (Wildman–Crippen LogP) is 4.32. The Balaban J connectivity index is 1.62. The summed E-state index contributed by atoms with van der Waals surface area (Å²) in [6.07, 6.45) is 8.01. The van der Waals surface area contributed by atoms with E-state index in [1.54, 1.807) is 18.3 Å². The molecule has 1 amide bonds. The van der Waals surface area contributed by atoms with Crippen molar-refractivity contribution in [2.75, 3.05) is 0 Å². The third-order valence-corrected chi connectivity index (χ3v) is 5.58. The van der Waals surface area contributed by atoms with Gasteiger partial charge >= 0.3 is 0 Å². The molecule has 1 aromatic carbocycles. The fourth-order valence-electron chi connectivity index (χ4n) is 2.86. The average molecular weight is 389 g/mol. The van der Waals surface area contributed by atoms with Gasteiger partial charge in [-0.25, -0.2) is 4.98 Å².